The predicted octanol–water partition coefficient (Wildman–Crippen LogP) is 4.15. The second-order valence-corrected chi connectivity index (χ2v) is 7.70. The molecule has 0 aromatic heterocycles. The molecular weight excluding hydrogens is 423 g/mol. The number of rotatable bonds is 10. The third-order valence-electron chi connectivity index (χ3n) is 5.75. The molecule has 0 spiro atoms. The Hall–Kier alpha value is -3.45. The first-order chi connectivity index (χ1) is 15.9. The van der Waals surface area contributed by atoms with E-state index in [1.54, 1.807) is 30.3 Å². The lowest BCUT2D eigenvalue weighted by Gasteiger charge is -2.28. The lowest BCUT2D eigenvalue weighted by Crippen LogP contribution is -2.38. The lowest BCUT2D eigenvalue weighted by molar-refractivity contribution is -0.140. The van der Waals surface area contributed by atoms with Crippen molar-refractivity contribution in [3.05, 3.63) is 83.7 Å². The highest BCUT2D eigenvalue weighted by Gasteiger charge is 2.46. The molecule has 6 nitrogen and oxygen atoms in total. The summed E-state index contributed by atoms with van der Waals surface area (Å²) >= 11 is 0. The predicted molar refractivity (Wildman–Crippen MR) is 125 cm³/mol. The van der Waals surface area contributed by atoms with E-state index in [2.05, 4.69) is 11.5 Å². The first-order valence-electron chi connectivity index (χ1n) is 11.0. The molecule has 1 N–H and O–H groups in total. The number of hydrogen-bond acceptors (Lipinski definition) is 5. The highest BCUT2D eigenvalue weighted by molar-refractivity contribution is 6.46. The SMILES string of the molecule is C=CCOc1cccc(C2C(=C(O)c3ccc(F)cc3)C(=O)C(=O)N2CCN(CC)CC)c1. The molecule has 3 rings (SSSR count). The van der Waals surface area contributed by atoms with Gasteiger partial charge in [0.1, 0.15) is 23.9 Å². The Labute approximate surface area is 193 Å². The summed E-state index contributed by atoms with van der Waals surface area (Å²) in [6.07, 6.45) is 1.62. The van der Waals surface area contributed by atoms with Gasteiger partial charge >= 0.3 is 0 Å². The number of hydrogen-bond donors (Lipinski definition) is 1. The molecule has 1 aliphatic rings. The molecule has 1 aliphatic heterocycles. The van der Waals surface area contributed by atoms with Gasteiger partial charge in [0.25, 0.3) is 11.7 Å². The van der Waals surface area contributed by atoms with Crippen molar-refractivity contribution in [2.24, 2.45) is 0 Å². The molecule has 1 unspecified atom stereocenters. The number of aliphatic hydroxyl groups excluding tert-OH is 1. The number of amides is 1. The summed E-state index contributed by atoms with van der Waals surface area (Å²) in [5.41, 5.74) is 0.883. The molecule has 174 valence electrons. The van der Waals surface area contributed by atoms with Crippen LogP contribution in [0.3, 0.4) is 0 Å². The summed E-state index contributed by atoms with van der Waals surface area (Å²) < 4.78 is 19.0. The average Bonchev–Trinajstić information content (AvgIpc) is 3.08. The topological polar surface area (TPSA) is 70.1 Å². The number of aliphatic hydroxyl groups is 1. The van der Waals surface area contributed by atoms with Crippen LogP contribution in [-0.4, -0.2) is 59.4 Å². The number of carbonyl (C=O) groups is 2. The zero-order valence-electron chi connectivity index (χ0n) is 19.0. The molecule has 0 radical (unpaired) electrons. The number of ketones is 1. The molecule has 0 saturated carbocycles. The number of Topliss-reactive ketones (excluding diaryl/α,β-unsaturated/α-hetero) is 1. The summed E-state index contributed by atoms with van der Waals surface area (Å²) in [6, 6.07) is 11.5. The standard InChI is InChI=1S/C26H29FN2O4/c1-4-16-33-21-9-7-8-19(17-21)23-22(24(30)18-10-12-20(27)13-11-18)25(31)26(32)29(23)15-14-28(5-2)6-3/h4,7-13,17,23,30H,1,5-6,14-16H2,2-3H3. The van der Waals surface area contributed by atoms with E-state index in [0.717, 1.165) is 13.1 Å². The largest absolute Gasteiger partial charge is 0.507 e. The highest BCUT2D eigenvalue weighted by atomic mass is 19.1. The number of nitrogens with zero attached hydrogens (tertiary/aromatic N) is 2. The number of ether oxygens (including phenoxy) is 1. The van der Waals surface area contributed by atoms with E-state index in [0.29, 0.717) is 31.0 Å². The summed E-state index contributed by atoms with van der Waals surface area (Å²) in [5, 5.41) is 11.0. The van der Waals surface area contributed by atoms with E-state index in [-0.39, 0.29) is 16.9 Å². The van der Waals surface area contributed by atoms with Gasteiger partial charge < -0.3 is 19.6 Å². The maximum atomic E-state index is 13.4. The van der Waals surface area contributed by atoms with Gasteiger partial charge in [0.05, 0.1) is 11.6 Å². The van der Waals surface area contributed by atoms with E-state index in [4.69, 9.17) is 4.74 Å². The minimum Gasteiger partial charge on any atom is -0.507 e. The van der Waals surface area contributed by atoms with Crippen LogP contribution in [0.25, 0.3) is 5.76 Å². The van der Waals surface area contributed by atoms with Crippen LogP contribution in [0.5, 0.6) is 5.75 Å². The van der Waals surface area contributed by atoms with E-state index >= 15 is 0 Å². The van der Waals surface area contributed by atoms with Crippen molar-refractivity contribution in [3.63, 3.8) is 0 Å². The van der Waals surface area contributed by atoms with E-state index in [1.807, 2.05) is 13.8 Å². The highest BCUT2D eigenvalue weighted by Crippen LogP contribution is 2.40. The minimum absolute atomic E-state index is 0.0213. The second kappa shape index (κ2) is 10.9. The molecule has 2 aromatic carbocycles. The number of likely N-dealkylation sites (tertiary alicyclic amines) is 1. The molecule has 1 atom stereocenters. The fourth-order valence-electron chi connectivity index (χ4n) is 3.94. The van der Waals surface area contributed by atoms with Gasteiger partial charge in [-0.2, -0.15) is 0 Å². The number of halogens is 1. The van der Waals surface area contributed by atoms with Crippen molar-refractivity contribution in [3.8, 4) is 5.75 Å². The normalized spacial score (nSPS) is 17.6. The Bertz CT molecular complexity index is 1040. The van der Waals surface area contributed by atoms with Gasteiger partial charge in [-0.3, -0.25) is 9.59 Å². The molecule has 0 bridgehead atoms. The maximum absolute atomic E-state index is 13.4. The lowest BCUT2D eigenvalue weighted by atomic mass is 9.95. The van der Waals surface area contributed by atoms with Crippen LogP contribution in [-0.2, 0) is 9.59 Å². The second-order valence-electron chi connectivity index (χ2n) is 7.70. The third kappa shape index (κ3) is 5.31. The monoisotopic (exact) mass is 452 g/mol. The van der Waals surface area contributed by atoms with E-state index in [1.165, 1.54) is 29.2 Å². The Morgan fingerprint density at radius 2 is 1.88 bits per heavy atom. The maximum Gasteiger partial charge on any atom is 0.295 e. The molecule has 2 aromatic rings. The van der Waals surface area contributed by atoms with Crippen LogP contribution in [0.15, 0.2) is 66.8 Å². The summed E-state index contributed by atoms with van der Waals surface area (Å²) in [6.45, 7) is 10.5. The smallest absolute Gasteiger partial charge is 0.295 e. The first-order valence-corrected chi connectivity index (χ1v) is 11.0. The fourth-order valence-corrected chi connectivity index (χ4v) is 3.94. The van der Waals surface area contributed by atoms with Crippen LogP contribution in [0.2, 0.25) is 0 Å². The molecule has 1 heterocycles. The van der Waals surface area contributed by atoms with Gasteiger partial charge in [0.2, 0.25) is 0 Å². The molecule has 1 fully saturated rings. The Balaban J connectivity index is 2.09. The van der Waals surface area contributed by atoms with Gasteiger partial charge in [0, 0.05) is 18.7 Å². The molecule has 1 amide bonds. The van der Waals surface area contributed by atoms with Crippen LogP contribution < -0.4 is 4.74 Å². The number of benzene rings is 2. The summed E-state index contributed by atoms with van der Waals surface area (Å²) in [4.78, 5) is 29.8. The van der Waals surface area contributed by atoms with E-state index < -0.39 is 23.5 Å². The molecule has 33 heavy (non-hydrogen) atoms. The first kappa shape index (κ1) is 24.2. The van der Waals surface area contributed by atoms with Crippen LogP contribution >= 0.6 is 0 Å². The van der Waals surface area contributed by atoms with Gasteiger partial charge in [-0.05, 0) is 55.1 Å². The van der Waals surface area contributed by atoms with Crippen LogP contribution in [0, 0.1) is 5.82 Å². The Kier molecular flexibility index (Phi) is 8.01. The van der Waals surface area contributed by atoms with Crippen molar-refractivity contribution in [2.45, 2.75) is 19.9 Å². The average molecular weight is 453 g/mol. The van der Waals surface area contributed by atoms with Crippen molar-refractivity contribution >= 4 is 17.4 Å². The molecule has 0 aliphatic carbocycles. The van der Waals surface area contributed by atoms with Gasteiger partial charge in [-0.1, -0.05) is 38.6 Å². The number of carbonyl (C=O) groups excluding carboxylic acids is 2. The van der Waals surface area contributed by atoms with Crippen LogP contribution in [0.1, 0.15) is 31.0 Å². The number of likely N-dealkylation sites (N-methyl/N-ethyl adjacent to an activating group) is 1. The molecule has 7 heteroatoms. The zero-order valence-corrected chi connectivity index (χ0v) is 19.0. The fraction of sp³-hybridized carbons (Fsp3) is 0.308. The van der Waals surface area contributed by atoms with Gasteiger partial charge in [-0.15, -0.1) is 0 Å². The van der Waals surface area contributed by atoms with Crippen molar-refractivity contribution < 1.29 is 23.8 Å². The molecule has 1 saturated heterocycles. The molecular formula is C26H29FN2O4. The third-order valence-corrected chi connectivity index (χ3v) is 5.75. The Morgan fingerprint density at radius 1 is 1.18 bits per heavy atom. The van der Waals surface area contributed by atoms with Crippen LogP contribution in [0.4, 0.5) is 4.39 Å². The minimum atomic E-state index is -0.794. The van der Waals surface area contributed by atoms with Crippen molar-refractivity contribution in [2.75, 3.05) is 32.8 Å². The zero-order chi connectivity index (χ0) is 24.0. The van der Waals surface area contributed by atoms with Crippen molar-refractivity contribution in [1.82, 2.24) is 9.80 Å². The Morgan fingerprint density at radius 3 is 2.52 bits per heavy atom. The summed E-state index contributed by atoms with van der Waals surface area (Å²) in [7, 11) is 0. The quantitative estimate of drug-likeness (QED) is 0.254. The van der Waals surface area contributed by atoms with E-state index in [9.17, 15) is 19.1 Å². The van der Waals surface area contributed by atoms with Gasteiger partial charge in [0.15, 0.2) is 0 Å². The van der Waals surface area contributed by atoms with Gasteiger partial charge in [-0.25, -0.2) is 4.39 Å². The van der Waals surface area contributed by atoms with Crippen molar-refractivity contribution in [1.29, 1.82) is 0 Å². The summed E-state index contributed by atoms with van der Waals surface area (Å²) in [5.74, 6) is -1.67.